The van der Waals surface area contributed by atoms with E-state index in [4.69, 9.17) is 14.4 Å². The molecule has 0 aliphatic carbocycles. The topological polar surface area (TPSA) is 61.7 Å². The Balaban J connectivity index is 1.44. The highest BCUT2D eigenvalue weighted by molar-refractivity contribution is 6.24. The Hall–Kier alpha value is -5.35. The lowest BCUT2D eigenvalue weighted by Crippen LogP contribution is -2.06. The molecule has 1 N–H and O–H groups in total. The number of para-hydroxylation sites is 1. The minimum Gasteiger partial charge on any atom is -0.455 e. The lowest BCUT2D eigenvalue weighted by molar-refractivity contribution is 0.672. The first kappa shape index (κ1) is 22.8. The second kappa shape index (κ2) is 9.51. The summed E-state index contributed by atoms with van der Waals surface area (Å²) in [6.45, 7) is 0. The molecule has 184 valence electrons. The van der Waals surface area contributed by atoms with Gasteiger partial charge in [0, 0.05) is 33.5 Å². The maximum atomic E-state index is 9.19. The lowest BCUT2D eigenvalue weighted by Gasteiger charge is -2.09. The van der Waals surface area contributed by atoms with Crippen molar-refractivity contribution < 1.29 is 4.42 Å². The van der Waals surface area contributed by atoms with E-state index in [1.165, 1.54) is 0 Å². The van der Waals surface area contributed by atoms with E-state index in [0.717, 1.165) is 54.6 Å². The molecular weight excluding hydrogens is 478 g/mol. The molecule has 0 spiro atoms. The van der Waals surface area contributed by atoms with Crippen LogP contribution in [0.25, 0.3) is 43.5 Å². The van der Waals surface area contributed by atoms with Gasteiger partial charge in [0.25, 0.3) is 0 Å². The predicted molar refractivity (Wildman–Crippen MR) is 163 cm³/mol. The molecule has 4 heteroatoms. The molecular formula is C35H23N3O. The Morgan fingerprint density at radius 3 is 2.15 bits per heavy atom. The van der Waals surface area contributed by atoms with Gasteiger partial charge in [0.2, 0.25) is 0 Å². The van der Waals surface area contributed by atoms with Crippen LogP contribution in [0.15, 0.2) is 142 Å². The number of amidine groups is 2. The van der Waals surface area contributed by atoms with E-state index < -0.39 is 0 Å². The summed E-state index contributed by atoms with van der Waals surface area (Å²) in [6, 6.07) is 42.3. The average molecular weight is 502 g/mol. The molecule has 0 bridgehead atoms. The molecule has 0 saturated carbocycles. The molecule has 0 amide bonds. The summed E-state index contributed by atoms with van der Waals surface area (Å²) in [5, 5.41) is 15.3. The quantitative estimate of drug-likeness (QED) is 0.191. The molecule has 7 aromatic rings. The largest absolute Gasteiger partial charge is 0.455 e. The van der Waals surface area contributed by atoms with Crippen molar-refractivity contribution in [3.63, 3.8) is 0 Å². The minimum atomic E-state index is 0.127. The van der Waals surface area contributed by atoms with Crippen molar-refractivity contribution in [2.45, 2.75) is 0 Å². The van der Waals surface area contributed by atoms with E-state index >= 15 is 0 Å². The van der Waals surface area contributed by atoms with Crippen LogP contribution >= 0.6 is 0 Å². The zero-order valence-electron chi connectivity index (χ0n) is 21.0. The number of nitrogens with zero attached hydrogens (tertiary/aromatic N) is 2. The minimum absolute atomic E-state index is 0.127. The fraction of sp³-hybridized carbons (Fsp3) is 0. The SMILES string of the molecule is N=C(N=C(N=Cc1ccccc1)c1cccc2ccccc12)c1cccc2ccc3c4ccccc4oc3c12. The third kappa shape index (κ3) is 4.09. The summed E-state index contributed by atoms with van der Waals surface area (Å²) in [6.07, 6.45) is 1.80. The van der Waals surface area contributed by atoms with E-state index in [1.807, 2.05) is 91.0 Å². The van der Waals surface area contributed by atoms with Crippen molar-refractivity contribution in [3.05, 3.63) is 144 Å². The fourth-order valence-corrected chi connectivity index (χ4v) is 5.17. The number of hydrogen-bond acceptors (Lipinski definition) is 2. The van der Waals surface area contributed by atoms with Crippen LogP contribution in [0.1, 0.15) is 16.7 Å². The Kier molecular flexibility index (Phi) is 5.56. The lowest BCUT2D eigenvalue weighted by atomic mass is 10.0. The van der Waals surface area contributed by atoms with Crippen LogP contribution in [0, 0.1) is 5.41 Å². The Morgan fingerprint density at radius 1 is 0.590 bits per heavy atom. The number of rotatable bonds is 3. The van der Waals surface area contributed by atoms with Gasteiger partial charge in [0.15, 0.2) is 11.7 Å². The van der Waals surface area contributed by atoms with Crippen molar-refractivity contribution in [2.75, 3.05) is 0 Å². The smallest absolute Gasteiger partial charge is 0.162 e. The average Bonchev–Trinajstić information content (AvgIpc) is 3.38. The molecule has 39 heavy (non-hydrogen) atoms. The molecule has 0 saturated heterocycles. The Morgan fingerprint density at radius 2 is 1.28 bits per heavy atom. The number of aliphatic imine (C=N–C) groups is 2. The molecule has 7 rings (SSSR count). The van der Waals surface area contributed by atoms with Crippen molar-refractivity contribution in [3.8, 4) is 0 Å². The first-order valence-corrected chi connectivity index (χ1v) is 12.8. The first-order chi connectivity index (χ1) is 19.3. The van der Waals surface area contributed by atoms with Gasteiger partial charge in [-0.05, 0) is 33.9 Å². The number of fused-ring (bicyclic) bond motifs is 6. The van der Waals surface area contributed by atoms with E-state index in [2.05, 4.69) is 36.4 Å². The van der Waals surface area contributed by atoms with E-state index in [0.29, 0.717) is 11.4 Å². The van der Waals surface area contributed by atoms with Crippen LogP contribution in [0.2, 0.25) is 0 Å². The maximum Gasteiger partial charge on any atom is 0.162 e. The van der Waals surface area contributed by atoms with Gasteiger partial charge in [-0.2, -0.15) is 0 Å². The number of benzene rings is 6. The molecule has 0 atom stereocenters. The third-order valence-electron chi connectivity index (χ3n) is 7.03. The summed E-state index contributed by atoms with van der Waals surface area (Å²) in [7, 11) is 0. The second-order valence-electron chi connectivity index (χ2n) is 9.42. The van der Waals surface area contributed by atoms with Gasteiger partial charge in [-0.15, -0.1) is 0 Å². The van der Waals surface area contributed by atoms with Crippen molar-refractivity contribution in [1.82, 2.24) is 0 Å². The van der Waals surface area contributed by atoms with Crippen LogP contribution < -0.4 is 0 Å². The number of furan rings is 1. The standard InChI is InChI=1S/C35H23N3O/c36-34(30-18-9-14-25-20-21-28-27-16-6-7-19-31(27)39-33(28)32(25)30)38-35(37-22-23-10-2-1-3-11-23)29-17-8-13-24-12-4-5-15-26(24)29/h1-22,36H. The zero-order chi connectivity index (χ0) is 26.2. The van der Waals surface area contributed by atoms with Crippen LogP contribution in [0.3, 0.4) is 0 Å². The molecule has 1 aromatic heterocycles. The van der Waals surface area contributed by atoms with Crippen LogP contribution in [-0.2, 0) is 0 Å². The molecule has 0 unspecified atom stereocenters. The molecule has 1 heterocycles. The van der Waals surface area contributed by atoms with Gasteiger partial charge in [-0.25, -0.2) is 9.98 Å². The highest BCUT2D eigenvalue weighted by Gasteiger charge is 2.16. The molecule has 0 aliphatic rings. The zero-order valence-corrected chi connectivity index (χ0v) is 21.0. The van der Waals surface area contributed by atoms with Gasteiger partial charge in [-0.1, -0.05) is 115 Å². The van der Waals surface area contributed by atoms with Crippen LogP contribution in [0.4, 0.5) is 0 Å². The van der Waals surface area contributed by atoms with Gasteiger partial charge < -0.3 is 4.42 Å². The normalized spacial score (nSPS) is 12.3. The second-order valence-corrected chi connectivity index (χ2v) is 9.42. The number of hydrogen-bond donors (Lipinski definition) is 1. The fourth-order valence-electron chi connectivity index (χ4n) is 5.17. The highest BCUT2D eigenvalue weighted by Crippen LogP contribution is 2.35. The van der Waals surface area contributed by atoms with Gasteiger partial charge in [0.1, 0.15) is 11.2 Å². The summed E-state index contributed by atoms with van der Waals surface area (Å²) in [4.78, 5) is 9.67. The van der Waals surface area contributed by atoms with Crippen molar-refractivity contribution >= 4 is 61.4 Å². The Bertz CT molecular complexity index is 2080. The van der Waals surface area contributed by atoms with Gasteiger partial charge >= 0.3 is 0 Å². The predicted octanol–water partition coefficient (Wildman–Crippen LogP) is 8.78. The molecule has 0 aliphatic heterocycles. The van der Waals surface area contributed by atoms with Crippen LogP contribution in [0.5, 0.6) is 0 Å². The molecule has 0 fully saturated rings. The van der Waals surface area contributed by atoms with Crippen molar-refractivity contribution in [1.29, 1.82) is 5.41 Å². The summed E-state index contributed by atoms with van der Waals surface area (Å²) in [5.41, 5.74) is 4.13. The molecule has 6 aromatic carbocycles. The summed E-state index contributed by atoms with van der Waals surface area (Å²) in [5.74, 6) is 0.608. The van der Waals surface area contributed by atoms with E-state index in [-0.39, 0.29) is 5.84 Å². The molecule has 4 nitrogen and oxygen atoms in total. The monoisotopic (exact) mass is 501 g/mol. The highest BCUT2D eigenvalue weighted by atomic mass is 16.3. The molecule has 0 radical (unpaired) electrons. The van der Waals surface area contributed by atoms with E-state index in [9.17, 15) is 5.41 Å². The summed E-state index contributed by atoms with van der Waals surface area (Å²) < 4.78 is 6.33. The first-order valence-electron chi connectivity index (χ1n) is 12.8. The van der Waals surface area contributed by atoms with E-state index in [1.54, 1.807) is 6.21 Å². The van der Waals surface area contributed by atoms with Gasteiger partial charge in [0.05, 0.1) is 0 Å². The van der Waals surface area contributed by atoms with Gasteiger partial charge in [-0.3, -0.25) is 5.41 Å². The van der Waals surface area contributed by atoms with Crippen LogP contribution in [-0.4, -0.2) is 17.9 Å². The van der Waals surface area contributed by atoms with Crippen molar-refractivity contribution in [2.24, 2.45) is 9.98 Å². The Labute approximate surface area is 225 Å². The maximum absolute atomic E-state index is 9.19. The third-order valence-corrected chi connectivity index (χ3v) is 7.03. The number of nitrogens with one attached hydrogen (secondary N) is 1. The summed E-state index contributed by atoms with van der Waals surface area (Å²) >= 11 is 0.